The maximum absolute atomic E-state index is 6.15. The molecular weight excluding hydrogens is 394 g/mol. The first-order valence-electron chi connectivity index (χ1n) is 9.56. The van der Waals surface area contributed by atoms with E-state index in [0.717, 1.165) is 44.2 Å². The number of rotatable bonds is 5. The predicted octanol–water partition coefficient (Wildman–Crippen LogP) is 5.65. The average molecular weight is 414 g/mol. The van der Waals surface area contributed by atoms with Crippen LogP contribution in [-0.2, 0) is 6.54 Å². The van der Waals surface area contributed by atoms with Crippen LogP contribution in [0.3, 0.4) is 0 Å². The average Bonchev–Trinajstić information content (AvgIpc) is 3.39. The Morgan fingerprint density at radius 1 is 1.07 bits per heavy atom. The van der Waals surface area contributed by atoms with Crippen molar-refractivity contribution in [3.8, 4) is 17.2 Å². The fraction of sp³-hybridized carbons (Fsp3) is 0.0833. The predicted molar refractivity (Wildman–Crippen MR) is 119 cm³/mol. The summed E-state index contributed by atoms with van der Waals surface area (Å²) >= 11 is 1.58. The van der Waals surface area contributed by atoms with E-state index in [4.69, 9.17) is 14.1 Å². The summed E-state index contributed by atoms with van der Waals surface area (Å²) in [5, 5.41) is 3.16. The van der Waals surface area contributed by atoms with Gasteiger partial charge in [0.25, 0.3) is 0 Å². The number of para-hydroxylation sites is 2. The van der Waals surface area contributed by atoms with Crippen molar-refractivity contribution < 1.29 is 9.15 Å². The van der Waals surface area contributed by atoms with Crippen LogP contribution in [0.15, 0.2) is 93.9 Å². The van der Waals surface area contributed by atoms with Gasteiger partial charge in [0.05, 0.1) is 31.2 Å². The minimum atomic E-state index is 0.610. The van der Waals surface area contributed by atoms with Crippen LogP contribution in [0.2, 0.25) is 0 Å². The highest BCUT2D eigenvalue weighted by Crippen LogP contribution is 2.29. The van der Waals surface area contributed by atoms with Gasteiger partial charge in [0.1, 0.15) is 11.3 Å². The highest BCUT2D eigenvalue weighted by molar-refractivity contribution is 7.07. The summed E-state index contributed by atoms with van der Waals surface area (Å²) in [5.74, 6) is 1.66. The first-order valence-corrected chi connectivity index (χ1v) is 10.4. The zero-order valence-electron chi connectivity index (χ0n) is 16.4. The minimum absolute atomic E-state index is 0.610. The number of ether oxygens (including phenoxy) is 1. The molecule has 5 nitrogen and oxygen atoms in total. The Kier molecular flexibility index (Phi) is 4.91. The lowest BCUT2D eigenvalue weighted by Crippen LogP contribution is -2.17. The molecule has 5 rings (SSSR count). The Balaban J connectivity index is 1.68. The normalized spacial score (nSPS) is 11.8. The number of thiazole rings is 1. The van der Waals surface area contributed by atoms with Crippen LogP contribution < -0.4 is 9.54 Å². The van der Waals surface area contributed by atoms with Crippen LogP contribution in [0, 0.1) is 0 Å². The van der Waals surface area contributed by atoms with Crippen molar-refractivity contribution in [3.05, 3.63) is 94.9 Å². The van der Waals surface area contributed by atoms with Gasteiger partial charge in [-0.05, 0) is 30.3 Å². The van der Waals surface area contributed by atoms with E-state index < -0.39 is 0 Å². The van der Waals surface area contributed by atoms with E-state index in [1.807, 2.05) is 48.5 Å². The van der Waals surface area contributed by atoms with Gasteiger partial charge in [0.15, 0.2) is 10.6 Å². The Labute approximate surface area is 177 Å². The number of aromatic nitrogens is 2. The molecule has 3 aromatic heterocycles. The summed E-state index contributed by atoms with van der Waals surface area (Å²) in [7, 11) is 1.69. The van der Waals surface area contributed by atoms with E-state index >= 15 is 0 Å². The molecule has 6 heteroatoms. The van der Waals surface area contributed by atoms with Gasteiger partial charge in [0.2, 0.25) is 0 Å². The zero-order chi connectivity index (χ0) is 20.3. The second-order valence-corrected chi connectivity index (χ2v) is 7.61. The molecule has 0 spiro atoms. The number of nitrogens with zero attached hydrogens (tertiary/aromatic N) is 3. The van der Waals surface area contributed by atoms with Crippen LogP contribution in [0.4, 0.5) is 5.69 Å². The monoisotopic (exact) mass is 413 g/mol. The van der Waals surface area contributed by atoms with E-state index in [-0.39, 0.29) is 0 Å². The van der Waals surface area contributed by atoms with Crippen LogP contribution in [0.25, 0.3) is 22.4 Å². The summed E-state index contributed by atoms with van der Waals surface area (Å²) in [5.41, 5.74) is 3.73. The van der Waals surface area contributed by atoms with E-state index in [0.29, 0.717) is 6.54 Å². The van der Waals surface area contributed by atoms with Crippen molar-refractivity contribution in [3.63, 3.8) is 0 Å². The topological polar surface area (TPSA) is 52.5 Å². The fourth-order valence-corrected chi connectivity index (χ4v) is 4.32. The molecule has 0 radical (unpaired) electrons. The Hall–Kier alpha value is -3.64. The van der Waals surface area contributed by atoms with Crippen LogP contribution >= 0.6 is 11.3 Å². The third-order valence-corrected chi connectivity index (χ3v) is 5.73. The van der Waals surface area contributed by atoms with Crippen molar-refractivity contribution in [2.45, 2.75) is 6.54 Å². The van der Waals surface area contributed by atoms with Gasteiger partial charge in [-0.3, -0.25) is 4.98 Å². The van der Waals surface area contributed by atoms with Crippen LogP contribution in [-0.4, -0.2) is 16.7 Å². The Morgan fingerprint density at radius 2 is 1.93 bits per heavy atom. The molecule has 5 aromatic rings. The molecule has 0 saturated carbocycles. The molecule has 30 heavy (non-hydrogen) atoms. The molecule has 148 valence electrons. The van der Waals surface area contributed by atoms with Crippen molar-refractivity contribution in [2.75, 3.05) is 7.11 Å². The maximum Gasteiger partial charge on any atom is 0.190 e. The van der Waals surface area contributed by atoms with Crippen LogP contribution in [0.1, 0.15) is 5.56 Å². The first-order chi connectivity index (χ1) is 14.8. The summed E-state index contributed by atoms with van der Waals surface area (Å²) in [6, 6.07) is 22.0. The second-order valence-electron chi connectivity index (χ2n) is 6.77. The van der Waals surface area contributed by atoms with Gasteiger partial charge in [-0.15, -0.1) is 11.3 Å². The maximum atomic E-state index is 6.15. The standard InChI is InChI=1S/C24H19N3O2S/c1-28-21-10-4-3-8-18(21)15-27-20(23-13-17-7-2-5-11-22(17)29-23)16-30-24(27)26-19-9-6-12-25-14-19/h2-14,16H,15H2,1H3. The number of methoxy groups -OCH3 is 1. The van der Waals surface area contributed by atoms with Gasteiger partial charge in [0, 0.05) is 22.5 Å². The van der Waals surface area contributed by atoms with Crippen LogP contribution in [0.5, 0.6) is 5.75 Å². The highest BCUT2D eigenvalue weighted by atomic mass is 32.1. The molecule has 0 aliphatic rings. The molecule has 0 N–H and O–H groups in total. The van der Waals surface area contributed by atoms with Gasteiger partial charge in [-0.2, -0.15) is 0 Å². The molecule has 0 fully saturated rings. The summed E-state index contributed by atoms with van der Waals surface area (Å²) in [4.78, 5) is 9.87. The van der Waals surface area contributed by atoms with Gasteiger partial charge >= 0.3 is 0 Å². The number of hydrogen-bond donors (Lipinski definition) is 0. The largest absolute Gasteiger partial charge is 0.496 e. The molecule has 0 amide bonds. The molecule has 2 aromatic carbocycles. The molecule has 0 saturated heterocycles. The van der Waals surface area contributed by atoms with Crippen molar-refractivity contribution in [1.82, 2.24) is 9.55 Å². The van der Waals surface area contributed by atoms with Crippen molar-refractivity contribution in [1.29, 1.82) is 0 Å². The third kappa shape index (κ3) is 3.53. The second kappa shape index (κ2) is 8.00. The summed E-state index contributed by atoms with van der Waals surface area (Å²) in [6.45, 7) is 0.610. The highest BCUT2D eigenvalue weighted by Gasteiger charge is 2.15. The lowest BCUT2D eigenvalue weighted by molar-refractivity contribution is 0.408. The smallest absolute Gasteiger partial charge is 0.190 e. The molecule has 0 aliphatic carbocycles. The SMILES string of the molecule is COc1ccccc1Cn1c(-c2cc3ccccc3o2)csc1=Nc1cccnc1. The summed E-state index contributed by atoms with van der Waals surface area (Å²) in [6.07, 6.45) is 3.50. The van der Waals surface area contributed by atoms with Gasteiger partial charge < -0.3 is 13.7 Å². The summed E-state index contributed by atoms with van der Waals surface area (Å²) < 4.78 is 13.9. The number of benzene rings is 2. The number of hydrogen-bond acceptors (Lipinski definition) is 5. The van der Waals surface area contributed by atoms with Crippen molar-refractivity contribution in [2.24, 2.45) is 4.99 Å². The Morgan fingerprint density at radius 3 is 2.77 bits per heavy atom. The Bertz CT molecular complexity index is 1330. The number of furan rings is 1. The van der Waals surface area contributed by atoms with E-state index in [2.05, 4.69) is 33.1 Å². The lowest BCUT2D eigenvalue weighted by Gasteiger charge is -2.11. The molecule has 0 bridgehead atoms. The van der Waals surface area contributed by atoms with E-state index in [9.17, 15) is 0 Å². The lowest BCUT2D eigenvalue weighted by atomic mass is 10.2. The quantitative estimate of drug-likeness (QED) is 0.374. The fourth-order valence-electron chi connectivity index (χ4n) is 3.41. The number of fused-ring (bicyclic) bond motifs is 1. The van der Waals surface area contributed by atoms with E-state index in [1.54, 1.807) is 30.8 Å². The molecule has 3 heterocycles. The van der Waals surface area contributed by atoms with Crippen molar-refractivity contribution >= 4 is 28.0 Å². The van der Waals surface area contributed by atoms with Gasteiger partial charge in [-0.1, -0.05) is 36.4 Å². The first kappa shape index (κ1) is 18.4. The molecule has 0 unspecified atom stereocenters. The van der Waals surface area contributed by atoms with E-state index in [1.165, 1.54) is 0 Å². The van der Waals surface area contributed by atoms with Gasteiger partial charge in [-0.25, -0.2) is 4.99 Å². The minimum Gasteiger partial charge on any atom is -0.496 e. The zero-order valence-corrected chi connectivity index (χ0v) is 17.2. The molecule has 0 aliphatic heterocycles. The third-order valence-electron chi connectivity index (χ3n) is 4.87. The molecule has 0 atom stereocenters. The molecular formula is C24H19N3O2S. The number of pyridine rings is 1.